The number of halogens is 2. The number of hydrogen-bond donors (Lipinski definition) is 0. The average Bonchev–Trinajstić information content (AvgIpc) is 3.15. The Balaban J connectivity index is 1.38. The summed E-state index contributed by atoms with van der Waals surface area (Å²) in [5.41, 5.74) is 1.32. The largest absolute Gasteiger partial charge is 0.486 e. The summed E-state index contributed by atoms with van der Waals surface area (Å²) >= 11 is 0. The molecular weight excluding hydrogens is 404 g/mol. The van der Waals surface area contributed by atoms with E-state index >= 15 is 0 Å². The monoisotopic (exact) mass is 427 g/mol. The van der Waals surface area contributed by atoms with E-state index in [4.69, 9.17) is 9.26 Å². The number of nitrogens with zero attached hydrogens (tertiary/aromatic N) is 3. The lowest BCUT2D eigenvalue weighted by Crippen LogP contribution is -2.48. The van der Waals surface area contributed by atoms with Gasteiger partial charge in [0.2, 0.25) is 0 Å². The number of aromatic nitrogens is 1. The van der Waals surface area contributed by atoms with Gasteiger partial charge in [0.15, 0.2) is 17.3 Å². The summed E-state index contributed by atoms with van der Waals surface area (Å²) in [7, 11) is 0. The molecule has 0 saturated carbocycles. The summed E-state index contributed by atoms with van der Waals surface area (Å²) in [6.45, 7) is 4.40. The number of hydrogen-bond acceptors (Lipinski definition) is 5. The molecule has 2 heterocycles. The Morgan fingerprint density at radius 1 is 1.03 bits per heavy atom. The molecule has 3 aromatic rings. The molecule has 0 aliphatic carbocycles. The van der Waals surface area contributed by atoms with Crippen molar-refractivity contribution in [2.45, 2.75) is 20.1 Å². The standard InChI is InChI=1S/C23H23F2N3O3/c1-16-18(15-30-21-9-5-4-8-20(21)25)22(26-31-16)23(29)28-12-10-27(11-13-28)14-17-6-2-3-7-19(17)24/h2-9H,10-15H2,1H3. The zero-order valence-corrected chi connectivity index (χ0v) is 17.2. The number of carbonyl (C=O) groups excluding carboxylic acids is 1. The van der Waals surface area contributed by atoms with E-state index in [0.717, 1.165) is 0 Å². The summed E-state index contributed by atoms with van der Waals surface area (Å²) < 4.78 is 38.5. The highest BCUT2D eigenvalue weighted by molar-refractivity contribution is 5.93. The minimum atomic E-state index is -0.476. The van der Waals surface area contributed by atoms with Crippen molar-refractivity contribution < 1.29 is 22.8 Å². The van der Waals surface area contributed by atoms with Gasteiger partial charge in [-0.3, -0.25) is 9.69 Å². The van der Waals surface area contributed by atoms with Gasteiger partial charge in [-0.05, 0) is 25.1 Å². The Kier molecular flexibility index (Phi) is 6.27. The fourth-order valence-corrected chi connectivity index (χ4v) is 3.57. The summed E-state index contributed by atoms with van der Waals surface area (Å²) in [5.74, 6) is -0.398. The Morgan fingerprint density at radius 2 is 1.71 bits per heavy atom. The topological polar surface area (TPSA) is 58.8 Å². The van der Waals surface area contributed by atoms with E-state index in [1.807, 2.05) is 6.07 Å². The van der Waals surface area contributed by atoms with Crippen LogP contribution in [0.4, 0.5) is 8.78 Å². The molecule has 1 amide bonds. The van der Waals surface area contributed by atoms with Crippen LogP contribution in [-0.4, -0.2) is 47.0 Å². The minimum absolute atomic E-state index is 0.0232. The highest BCUT2D eigenvalue weighted by Gasteiger charge is 2.28. The maximum absolute atomic E-state index is 13.9. The summed E-state index contributed by atoms with van der Waals surface area (Å²) in [6.07, 6.45) is 0. The van der Waals surface area contributed by atoms with Crippen LogP contribution >= 0.6 is 0 Å². The number of piperazine rings is 1. The third-order valence-corrected chi connectivity index (χ3v) is 5.41. The summed E-state index contributed by atoms with van der Waals surface area (Å²) in [6, 6.07) is 12.8. The lowest BCUT2D eigenvalue weighted by atomic mass is 10.1. The Labute approximate surface area is 179 Å². The number of aryl methyl sites for hydroxylation is 1. The Morgan fingerprint density at radius 3 is 2.42 bits per heavy atom. The predicted molar refractivity (Wildman–Crippen MR) is 110 cm³/mol. The van der Waals surface area contributed by atoms with Crippen LogP contribution in [-0.2, 0) is 13.2 Å². The van der Waals surface area contributed by atoms with Crippen molar-refractivity contribution in [3.05, 3.63) is 82.7 Å². The smallest absolute Gasteiger partial charge is 0.276 e. The molecule has 1 saturated heterocycles. The van der Waals surface area contributed by atoms with E-state index in [1.54, 1.807) is 36.1 Å². The van der Waals surface area contributed by atoms with Gasteiger partial charge in [0.25, 0.3) is 5.91 Å². The second kappa shape index (κ2) is 9.26. The fraction of sp³-hybridized carbons (Fsp3) is 0.304. The van der Waals surface area contributed by atoms with Crippen LogP contribution in [0.2, 0.25) is 0 Å². The molecule has 1 fully saturated rings. The average molecular weight is 427 g/mol. The van der Waals surface area contributed by atoms with Gasteiger partial charge in [-0.15, -0.1) is 0 Å². The van der Waals surface area contributed by atoms with E-state index < -0.39 is 5.82 Å². The highest BCUT2D eigenvalue weighted by atomic mass is 19.1. The molecule has 0 spiro atoms. The van der Waals surface area contributed by atoms with Gasteiger partial charge in [-0.25, -0.2) is 8.78 Å². The predicted octanol–water partition coefficient (Wildman–Crippen LogP) is 3.80. The van der Waals surface area contributed by atoms with Gasteiger partial charge < -0.3 is 14.2 Å². The zero-order chi connectivity index (χ0) is 21.8. The van der Waals surface area contributed by atoms with Gasteiger partial charge >= 0.3 is 0 Å². The molecule has 0 radical (unpaired) electrons. The number of para-hydroxylation sites is 1. The van der Waals surface area contributed by atoms with E-state index in [1.165, 1.54) is 18.2 Å². The van der Waals surface area contributed by atoms with E-state index in [0.29, 0.717) is 49.6 Å². The molecule has 162 valence electrons. The van der Waals surface area contributed by atoms with E-state index in [-0.39, 0.29) is 29.8 Å². The normalized spacial score (nSPS) is 14.6. The molecule has 0 N–H and O–H groups in total. The quantitative estimate of drug-likeness (QED) is 0.599. The molecule has 0 unspecified atom stereocenters. The Bertz CT molecular complexity index is 1060. The van der Waals surface area contributed by atoms with E-state index in [9.17, 15) is 13.6 Å². The molecule has 8 heteroatoms. The van der Waals surface area contributed by atoms with Crippen molar-refractivity contribution in [3.63, 3.8) is 0 Å². The van der Waals surface area contributed by atoms with E-state index in [2.05, 4.69) is 10.1 Å². The fourth-order valence-electron chi connectivity index (χ4n) is 3.57. The van der Waals surface area contributed by atoms with Crippen molar-refractivity contribution in [3.8, 4) is 5.75 Å². The van der Waals surface area contributed by atoms with Crippen LogP contribution in [0.25, 0.3) is 0 Å². The first-order valence-corrected chi connectivity index (χ1v) is 10.1. The van der Waals surface area contributed by atoms with Gasteiger partial charge in [0.1, 0.15) is 18.2 Å². The molecule has 1 aliphatic heterocycles. The van der Waals surface area contributed by atoms with Crippen LogP contribution in [0.1, 0.15) is 27.4 Å². The lowest BCUT2D eigenvalue weighted by molar-refractivity contribution is 0.0614. The van der Waals surface area contributed by atoms with Crippen LogP contribution in [0, 0.1) is 18.6 Å². The first kappa shape index (κ1) is 21.0. The zero-order valence-electron chi connectivity index (χ0n) is 17.2. The first-order valence-electron chi connectivity index (χ1n) is 10.1. The molecule has 31 heavy (non-hydrogen) atoms. The van der Waals surface area contributed by atoms with Gasteiger partial charge in [0, 0.05) is 38.3 Å². The number of carbonyl (C=O) groups is 1. The maximum Gasteiger partial charge on any atom is 0.276 e. The van der Waals surface area contributed by atoms with Crippen molar-refractivity contribution in [2.75, 3.05) is 26.2 Å². The molecule has 1 aromatic heterocycles. The van der Waals surface area contributed by atoms with Gasteiger partial charge in [0.05, 0.1) is 5.56 Å². The van der Waals surface area contributed by atoms with Crippen LogP contribution in [0.15, 0.2) is 53.1 Å². The molecule has 0 bridgehead atoms. The summed E-state index contributed by atoms with van der Waals surface area (Å²) in [5, 5.41) is 3.92. The molecule has 4 rings (SSSR count). The van der Waals surface area contributed by atoms with Crippen molar-refractivity contribution in [2.24, 2.45) is 0 Å². The first-order chi connectivity index (χ1) is 15.0. The number of benzene rings is 2. The second-order valence-electron chi connectivity index (χ2n) is 7.44. The number of rotatable bonds is 6. The molecule has 0 atom stereocenters. The van der Waals surface area contributed by atoms with Crippen LogP contribution in [0.5, 0.6) is 5.75 Å². The minimum Gasteiger partial charge on any atom is -0.486 e. The van der Waals surface area contributed by atoms with Gasteiger partial charge in [-0.1, -0.05) is 35.5 Å². The molecule has 2 aromatic carbocycles. The molecule has 6 nitrogen and oxygen atoms in total. The van der Waals surface area contributed by atoms with Crippen molar-refractivity contribution in [1.29, 1.82) is 0 Å². The molecule has 1 aliphatic rings. The number of ether oxygens (including phenoxy) is 1. The number of amides is 1. The summed E-state index contributed by atoms with van der Waals surface area (Å²) in [4.78, 5) is 16.8. The third kappa shape index (κ3) is 4.74. The highest BCUT2D eigenvalue weighted by Crippen LogP contribution is 2.22. The van der Waals surface area contributed by atoms with Gasteiger partial charge in [-0.2, -0.15) is 0 Å². The maximum atomic E-state index is 13.9. The SMILES string of the molecule is Cc1onc(C(=O)N2CCN(Cc3ccccc3F)CC2)c1COc1ccccc1F. The van der Waals surface area contributed by atoms with Crippen LogP contribution < -0.4 is 4.74 Å². The molecular formula is C23H23F2N3O3. The van der Waals surface area contributed by atoms with Crippen LogP contribution in [0.3, 0.4) is 0 Å². The lowest BCUT2D eigenvalue weighted by Gasteiger charge is -2.34. The third-order valence-electron chi connectivity index (χ3n) is 5.41. The van der Waals surface area contributed by atoms with Crippen molar-refractivity contribution in [1.82, 2.24) is 15.0 Å². The second-order valence-corrected chi connectivity index (χ2v) is 7.44. The van der Waals surface area contributed by atoms with Crippen molar-refractivity contribution >= 4 is 5.91 Å². The Hall–Kier alpha value is -3.26.